The van der Waals surface area contributed by atoms with Gasteiger partial charge in [0.15, 0.2) is 10.9 Å². The highest BCUT2D eigenvalue weighted by Gasteiger charge is 2.01. The fourth-order valence-corrected chi connectivity index (χ4v) is 0.772. The van der Waals surface area contributed by atoms with Crippen molar-refractivity contribution in [2.75, 3.05) is 7.11 Å². The van der Waals surface area contributed by atoms with Gasteiger partial charge in [-0.1, -0.05) is 11.6 Å². The summed E-state index contributed by atoms with van der Waals surface area (Å²) < 4.78 is 17.0. The molecule has 0 saturated carbocycles. The van der Waals surface area contributed by atoms with Crippen LogP contribution in [-0.4, -0.2) is 12.1 Å². The molecule has 4 heteroatoms. The van der Waals surface area contributed by atoms with E-state index in [1.807, 2.05) is 0 Å². The first kappa shape index (κ1) is 7.28. The number of hydrogen-bond acceptors (Lipinski definition) is 2. The third-order valence-corrected chi connectivity index (χ3v) is 1.27. The number of nitrogens with zero attached hydrogens (tertiary/aromatic N) is 1. The summed E-state index contributed by atoms with van der Waals surface area (Å²) in [6.45, 7) is 0. The van der Waals surface area contributed by atoms with Gasteiger partial charge in [0.2, 0.25) is 5.95 Å². The molecule has 1 rings (SSSR count). The first-order chi connectivity index (χ1) is 4.74. The van der Waals surface area contributed by atoms with Crippen LogP contribution in [0.1, 0.15) is 0 Å². The van der Waals surface area contributed by atoms with Crippen LogP contribution in [0.5, 0.6) is 5.75 Å². The molecule has 0 aliphatic carbocycles. The minimum Gasteiger partial charge on any atom is -0.494 e. The van der Waals surface area contributed by atoms with Crippen molar-refractivity contribution in [2.45, 2.75) is 0 Å². The highest BCUT2D eigenvalue weighted by atomic mass is 35.5. The maximum absolute atomic E-state index is 12.2. The molecule has 0 bridgehead atoms. The lowest BCUT2D eigenvalue weighted by molar-refractivity contribution is 0.410. The van der Waals surface area contributed by atoms with E-state index >= 15 is 0 Å². The summed E-state index contributed by atoms with van der Waals surface area (Å²) in [6, 6.07) is 2.61. The molecule has 54 valence electrons. The number of ether oxygens (including phenoxy) is 1. The molecule has 0 N–H and O–H groups in total. The van der Waals surface area contributed by atoms with E-state index in [1.54, 1.807) is 0 Å². The Kier molecular flexibility index (Phi) is 2.06. The second-order valence-corrected chi connectivity index (χ2v) is 1.99. The van der Waals surface area contributed by atoms with E-state index in [0.717, 1.165) is 0 Å². The van der Waals surface area contributed by atoms with Gasteiger partial charge in [0.25, 0.3) is 0 Å². The number of rotatable bonds is 1. The second-order valence-electron chi connectivity index (χ2n) is 1.63. The van der Waals surface area contributed by atoms with Crippen LogP contribution < -0.4 is 4.74 Å². The first-order valence-corrected chi connectivity index (χ1v) is 2.98. The molecule has 1 aromatic rings. The quantitative estimate of drug-likeness (QED) is 0.587. The van der Waals surface area contributed by atoms with E-state index in [1.165, 1.54) is 19.2 Å². The Morgan fingerprint density at radius 1 is 1.60 bits per heavy atom. The van der Waals surface area contributed by atoms with Crippen molar-refractivity contribution >= 4 is 11.6 Å². The molecule has 1 heterocycles. The third-order valence-electron chi connectivity index (χ3n) is 1.00. The number of pyridine rings is 1. The van der Waals surface area contributed by atoms with E-state index in [-0.39, 0.29) is 5.15 Å². The lowest BCUT2D eigenvalue weighted by atomic mass is 10.4. The van der Waals surface area contributed by atoms with Gasteiger partial charge in [0.1, 0.15) is 0 Å². The molecule has 0 fully saturated rings. The summed E-state index contributed by atoms with van der Waals surface area (Å²) in [5, 5.41) is 0.0440. The van der Waals surface area contributed by atoms with Crippen molar-refractivity contribution < 1.29 is 9.13 Å². The molecule has 0 radical (unpaired) electrons. The van der Waals surface area contributed by atoms with E-state index < -0.39 is 5.95 Å². The highest BCUT2D eigenvalue weighted by Crippen LogP contribution is 2.20. The van der Waals surface area contributed by atoms with Crippen molar-refractivity contribution in [1.29, 1.82) is 0 Å². The molecule has 0 unspecified atom stereocenters. The maximum atomic E-state index is 12.2. The molecule has 0 atom stereocenters. The minimum atomic E-state index is -0.606. The zero-order valence-electron chi connectivity index (χ0n) is 5.27. The molecule has 1 aromatic heterocycles. The smallest absolute Gasteiger partial charge is 0.214 e. The van der Waals surface area contributed by atoms with E-state index in [9.17, 15) is 4.39 Å². The van der Waals surface area contributed by atoms with Crippen LogP contribution in [-0.2, 0) is 0 Å². The van der Waals surface area contributed by atoms with Gasteiger partial charge in [-0.05, 0) is 12.1 Å². The third kappa shape index (κ3) is 1.36. The average Bonchev–Trinajstić information content (AvgIpc) is 1.88. The van der Waals surface area contributed by atoms with Gasteiger partial charge in [-0.2, -0.15) is 4.39 Å². The Bertz CT molecular complexity index is 241. The van der Waals surface area contributed by atoms with E-state index in [4.69, 9.17) is 16.3 Å². The Morgan fingerprint density at radius 3 is 2.80 bits per heavy atom. The number of aromatic nitrogens is 1. The summed E-state index contributed by atoms with van der Waals surface area (Å²) in [7, 11) is 1.45. The number of halogens is 2. The summed E-state index contributed by atoms with van der Waals surface area (Å²) in [6.07, 6.45) is 0. The lowest BCUT2D eigenvalue weighted by Gasteiger charge is -1.99. The second kappa shape index (κ2) is 2.84. The lowest BCUT2D eigenvalue weighted by Crippen LogP contribution is -1.88. The van der Waals surface area contributed by atoms with Crippen LogP contribution in [0.25, 0.3) is 0 Å². The average molecular weight is 162 g/mol. The monoisotopic (exact) mass is 161 g/mol. The fourth-order valence-electron chi connectivity index (χ4n) is 0.552. The fraction of sp³-hybridized carbons (Fsp3) is 0.167. The van der Waals surface area contributed by atoms with Crippen LogP contribution in [0.15, 0.2) is 12.1 Å². The van der Waals surface area contributed by atoms with E-state index in [2.05, 4.69) is 4.98 Å². The van der Waals surface area contributed by atoms with E-state index in [0.29, 0.717) is 5.75 Å². The molecular formula is C6H5ClFNO. The van der Waals surface area contributed by atoms with Crippen LogP contribution in [0, 0.1) is 5.95 Å². The normalized spacial score (nSPS) is 9.50. The highest BCUT2D eigenvalue weighted by molar-refractivity contribution is 6.30. The standard InChI is InChI=1S/C6H5ClFNO/c1-10-4-2-3-5(8)9-6(4)7/h2-3H,1H3. The summed E-state index contributed by atoms with van der Waals surface area (Å²) in [5.41, 5.74) is 0. The van der Waals surface area contributed by atoms with Crippen molar-refractivity contribution in [3.05, 3.63) is 23.2 Å². The molecule has 0 amide bonds. The van der Waals surface area contributed by atoms with Gasteiger partial charge >= 0.3 is 0 Å². The predicted molar refractivity (Wildman–Crippen MR) is 35.8 cm³/mol. The first-order valence-electron chi connectivity index (χ1n) is 2.60. The van der Waals surface area contributed by atoms with Crippen LogP contribution in [0.4, 0.5) is 4.39 Å². The van der Waals surface area contributed by atoms with Gasteiger partial charge in [-0.25, -0.2) is 4.98 Å². The molecule has 10 heavy (non-hydrogen) atoms. The summed E-state index contributed by atoms with van der Waals surface area (Å²) in [4.78, 5) is 3.32. The minimum absolute atomic E-state index is 0.0440. The van der Waals surface area contributed by atoms with Crippen LogP contribution in [0.3, 0.4) is 0 Å². The largest absolute Gasteiger partial charge is 0.494 e. The molecule has 0 aromatic carbocycles. The Hall–Kier alpha value is -0.830. The van der Waals surface area contributed by atoms with Crippen LogP contribution in [0.2, 0.25) is 5.15 Å². The molecule has 0 saturated heterocycles. The number of hydrogen-bond donors (Lipinski definition) is 0. The molecular weight excluding hydrogens is 157 g/mol. The molecule has 0 aliphatic heterocycles. The Balaban J connectivity index is 3.07. The predicted octanol–water partition coefficient (Wildman–Crippen LogP) is 1.88. The summed E-state index contributed by atoms with van der Waals surface area (Å²) in [5.74, 6) is -0.228. The Labute approximate surface area is 62.6 Å². The molecule has 2 nitrogen and oxygen atoms in total. The van der Waals surface area contributed by atoms with Gasteiger partial charge in [0, 0.05) is 0 Å². The van der Waals surface area contributed by atoms with Crippen molar-refractivity contribution in [1.82, 2.24) is 4.98 Å². The van der Waals surface area contributed by atoms with Crippen molar-refractivity contribution in [3.8, 4) is 5.75 Å². The summed E-state index contributed by atoms with van der Waals surface area (Å²) >= 11 is 5.45. The van der Waals surface area contributed by atoms with Crippen molar-refractivity contribution in [3.63, 3.8) is 0 Å². The SMILES string of the molecule is COc1ccc(F)nc1Cl. The van der Waals surface area contributed by atoms with Crippen LogP contribution >= 0.6 is 11.6 Å². The van der Waals surface area contributed by atoms with Gasteiger partial charge in [-0.3, -0.25) is 0 Å². The zero-order chi connectivity index (χ0) is 7.56. The number of methoxy groups -OCH3 is 1. The van der Waals surface area contributed by atoms with Gasteiger partial charge < -0.3 is 4.74 Å². The van der Waals surface area contributed by atoms with Gasteiger partial charge in [0.05, 0.1) is 7.11 Å². The Morgan fingerprint density at radius 2 is 2.30 bits per heavy atom. The zero-order valence-corrected chi connectivity index (χ0v) is 6.02. The topological polar surface area (TPSA) is 22.1 Å². The van der Waals surface area contributed by atoms with Gasteiger partial charge in [-0.15, -0.1) is 0 Å². The molecule has 0 spiro atoms. The maximum Gasteiger partial charge on any atom is 0.214 e. The molecule has 0 aliphatic rings. The van der Waals surface area contributed by atoms with Crippen molar-refractivity contribution in [2.24, 2.45) is 0 Å².